The second-order valence-electron chi connectivity index (χ2n) is 4.00. The smallest absolute Gasteiger partial charge is 0.219 e. The van der Waals surface area contributed by atoms with Crippen molar-refractivity contribution in [2.45, 2.75) is 13.3 Å². The molecule has 100 valence electrons. The summed E-state index contributed by atoms with van der Waals surface area (Å²) in [5.74, 6) is 4.26. The molecular formula is C13H13F2N3O. The molecular weight excluding hydrogens is 252 g/mol. The minimum absolute atomic E-state index is 0.108. The Bertz CT molecular complexity index is 579. The highest BCUT2D eigenvalue weighted by Gasteiger charge is 2.13. The lowest BCUT2D eigenvalue weighted by Gasteiger charge is -2.10. The van der Waals surface area contributed by atoms with Crippen LogP contribution < -0.4 is 16.0 Å². The molecule has 2 rings (SSSR count). The summed E-state index contributed by atoms with van der Waals surface area (Å²) >= 11 is 0. The standard InChI is InChI=1S/C13H13F2N3O/c1-8-5-13(17-7-11(8)18-16)19-12-6-9(14)3-2-4-10(12)15/h2-5,7,18H,6,16H2,1H3. The van der Waals surface area contributed by atoms with Crippen molar-refractivity contribution in [1.82, 2.24) is 4.98 Å². The van der Waals surface area contributed by atoms with Crippen molar-refractivity contribution in [2.24, 2.45) is 5.84 Å². The van der Waals surface area contributed by atoms with E-state index in [4.69, 9.17) is 10.6 Å². The Kier molecular flexibility index (Phi) is 3.91. The number of allylic oxidation sites excluding steroid dienone is 5. The molecule has 1 aliphatic carbocycles. The number of hydrazine groups is 1. The van der Waals surface area contributed by atoms with Gasteiger partial charge in [0.2, 0.25) is 5.88 Å². The van der Waals surface area contributed by atoms with Crippen molar-refractivity contribution in [3.05, 3.63) is 53.5 Å². The van der Waals surface area contributed by atoms with Gasteiger partial charge in [0, 0.05) is 6.07 Å². The summed E-state index contributed by atoms with van der Waals surface area (Å²) in [7, 11) is 0. The van der Waals surface area contributed by atoms with Crippen molar-refractivity contribution in [3.8, 4) is 5.88 Å². The molecule has 0 unspecified atom stereocenters. The predicted octanol–water partition coefficient (Wildman–Crippen LogP) is 3.05. The SMILES string of the molecule is Cc1cc(OC2=C(F)C=CC=C(F)C2)ncc1NN. The van der Waals surface area contributed by atoms with Gasteiger partial charge in [0.1, 0.15) is 11.6 Å². The average Bonchev–Trinajstić information content (AvgIpc) is 2.52. The van der Waals surface area contributed by atoms with Crippen LogP contribution in [0, 0.1) is 6.92 Å². The van der Waals surface area contributed by atoms with E-state index >= 15 is 0 Å². The van der Waals surface area contributed by atoms with Crippen LogP contribution in [0.15, 0.2) is 47.9 Å². The summed E-state index contributed by atoms with van der Waals surface area (Å²) in [6, 6.07) is 1.59. The molecule has 3 N–H and O–H groups in total. The summed E-state index contributed by atoms with van der Waals surface area (Å²) in [6.45, 7) is 1.79. The lowest BCUT2D eigenvalue weighted by molar-refractivity contribution is 0.365. The number of nitrogens with one attached hydrogen (secondary N) is 1. The second kappa shape index (κ2) is 5.62. The fourth-order valence-corrected chi connectivity index (χ4v) is 1.57. The molecule has 0 saturated heterocycles. The van der Waals surface area contributed by atoms with Gasteiger partial charge in [-0.25, -0.2) is 13.8 Å². The third-order valence-corrected chi connectivity index (χ3v) is 2.58. The summed E-state index contributed by atoms with van der Waals surface area (Å²) < 4.78 is 32.2. The Labute approximate surface area is 109 Å². The van der Waals surface area contributed by atoms with E-state index in [1.165, 1.54) is 18.3 Å². The molecule has 0 bridgehead atoms. The molecule has 4 nitrogen and oxygen atoms in total. The number of hydrogen-bond acceptors (Lipinski definition) is 4. The van der Waals surface area contributed by atoms with Crippen LogP contribution in [-0.4, -0.2) is 4.98 Å². The van der Waals surface area contributed by atoms with Gasteiger partial charge < -0.3 is 10.2 Å². The Morgan fingerprint density at radius 3 is 2.89 bits per heavy atom. The highest BCUT2D eigenvalue weighted by Crippen LogP contribution is 2.25. The van der Waals surface area contributed by atoms with Crippen LogP contribution in [0.5, 0.6) is 5.88 Å². The first kappa shape index (κ1) is 13.2. The van der Waals surface area contributed by atoms with Gasteiger partial charge in [0.25, 0.3) is 0 Å². The Morgan fingerprint density at radius 2 is 2.21 bits per heavy atom. The topological polar surface area (TPSA) is 60.2 Å². The van der Waals surface area contributed by atoms with Crippen molar-refractivity contribution in [3.63, 3.8) is 0 Å². The summed E-state index contributed by atoms with van der Waals surface area (Å²) in [6.07, 6.45) is 4.85. The lowest BCUT2D eigenvalue weighted by atomic mass is 10.2. The van der Waals surface area contributed by atoms with Crippen LogP contribution in [0.4, 0.5) is 14.5 Å². The van der Waals surface area contributed by atoms with Gasteiger partial charge in [-0.15, -0.1) is 0 Å². The first-order chi connectivity index (χ1) is 9.10. The van der Waals surface area contributed by atoms with Gasteiger partial charge in [-0.05, 0) is 24.6 Å². The lowest BCUT2D eigenvalue weighted by Crippen LogP contribution is -2.09. The third kappa shape index (κ3) is 3.17. The number of ether oxygens (including phenoxy) is 1. The molecule has 0 spiro atoms. The van der Waals surface area contributed by atoms with Gasteiger partial charge in [-0.1, -0.05) is 6.08 Å². The predicted molar refractivity (Wildman–Crippen MR) is 68.5 cm³/mol. The number of pyridine rings is 1. The van der Waals surface area contributed by atoms with E-state index in [0.29, 0.717) is 5.69 Å². The van der Waals surface area contributed by atoms with Crippen molar-refractivity contribution >= 4 is 5.69 Å². The van der Waals surface area contributed by atoms with Crippen LogP contribution in [0.2, 0.25) is 0 Å². The van der Waals surface area contributed by atoms with Gasteiger partial charge in [0.05, 0.1) is 18.3 Å². The fraction of sp³-hybridized carbons (Fsp3) is 0.154. The number of aryl methyl sites for hydroxylation is 1. The Hall–Kier alpha value is -2.21. The normalized spacial score (nSPS) is 15.1. The van der Waals surface area contributed by atoms with E-state index in [2.05, 4.69) is 10.4 Å². The minimum Gasteiger partial charge on any atom is -0.440 e. The Balaban J connectivity index is 2.23. The molecule has 1 aromatic rings. The zero-order chi connectivity index (χ0) is 13.8. The maximum atomic E-state index is 13.6. The van der Waals surface area contributed by atoms with Gasteiger partial charge in [-0.2, -0.15) is 0 Å². The number of aromatic nitrogens is 1. The molecule has 1 aromatic heterocycles. The zero-order valence-electron chi connectivity index (χ0n) is 10.3. The molecule has 6 heteroatoms. The van der Waals surface area contributed by atoms with E-state index in [9.17, 15) is 8.78 Å². The monoisotopic (exact) mass is 265 g/mol. The molecule has 0 atom stereocenters. The maximum absolute atomic E-state index is 13.6. The first-order valence-electron chi connectivity index (χ1n) is 5.62. The number of nitrogen functional groups attached to an aromatic ring is 1. The molecule has 0 amide bonds. The molecule has 0 aliphatic heterocycles. The van der Waals surface area contributed by atoms with Crippen LogP contribution in [0.3, 0.4) is 0 Å². The van der Waals surface area contributed by atoms with Gasteiger partial charge in [0.15, 0.2) is 5.83 Å². The quantitative estimate of drug-likeness (QED) is 0.651. The number of rotatable bonds is 3. The molecule has 1 heterocycles. The molecule has 0 aromatic carbocycles. The number of anilines is 1. The molecule has 1 aliphatic rings. The van der Waals surface area contributed by atoms with Crippen LogP contribution >= 0.6 is 0 Å². The number of nitrogens with two attached hydrogens (primary N) is 1. The maximum Gasteiger partial charge on any atom is 0.219 e. The zero-order valence-corrected chi connectivity index (χ0v) is 10.3. The largest absolute Gasteiger partial charge is 0.440 e. The molecule has 19 heavy (non-hydrogen) atoms. The van der Waals surface area contributed by atoms with E-state index < -0.39 is 11.7 Å². The number of halogens is 2. The summed E-state index contributed by atoms with van der Waals surface area (Å²) in [4.78, 5) is 3.96. The highest BCUT2D eigenvalue weighted by atomic mass is 19.1. The van der Waals surface area contributed by atoms with Crippen LogP contribution in [0.25, 0.3) is 0 Å². The molecule has 0 radical (unpaired) electrons. The van der Waals surface area contributed by atoms with Crippen LogP contribution in [-0.2, 0) is 0 Å². The van der Waals surface area contributed by atoms with Gasteiger partial charge >= 0.3 is 0 Å². The van der Waals surface area contributed by atoms with Crippen molar-refractivity contribution in [1.29, 1.82) is 0 Å². The number of hydrogen-bond donors (Lipinski definition) is 2. The second-order valence-corrected chi connectivity index (χ2v) is 4.00. The highest BCUT2D eigenvalue weighted by molar-refractivity contribution is 5.49. The van der Waals surface area contributed by atoms with E-state index in [1.807, 2.05) is 0 Å². The summed E-state index contributed by atoms with van der Waals surface area (Å²) in [5, 5.41) is 0. The minimum atomic E-state index is -0.621. The third-order valence-electron chi connectivity index (χ3n) is 2.58. The first-order valence-corrected chi connectivity index (χ1v) is 5.62. The fourth-order valence-electron chi connectivity index (χ4n) is 1.57. The van der Waals surface area contributed by atoms with E-state index in [-0.39, 0.29) is 18.1 Å². The average molecular weight is 265 g/mol. The molecule has 0 saturated carbocycles. The Morgan fingerprint density at radius 1 is 1.42 bits per heavy atom. The number of nitrogens with zero attached hydrogens (tertiary/aromatic N) is 1. The van der Waals surface area contributed by atoms with E-state index in [0.717, 1.165) is 11.6 Å². The van der Waals surface area contributed by atoms with Crippen LogP contribution in [0.1, 0.15) is 12.0 Å². The summed E-state index contributed by atoms with van der Waals surface area (Å²) in [5.41, 5.74) is 3.89. The molecule has 0 fully saturated rings. The van der Waals surface area contributed by atoms with Crippen molar-refractivity contribution < 1.29 is 13.5 Å². The van der Waals surface area contributed by atoms with Crippen molar-refractivity contribution in [2.75, 3.05) is 5.43 Å². The van der Waals surface area contributed by atoms with E-state index in [1.54, 1.807) is 13.0 Å². The van der Waals surface area contributed by atoms with Gasteiger partial charge in [-0.3, -0.25) is 5.84 Å².